The van der Waals surface area contributed by atoms with Gasteiger partial charge in [0.2, 0.25) is 0 Å². The molecule has 1 saturated carbocycles. The van der Waals surface area contributed by atoms with Crippen LogP contribution in [-0.4, -0.2) is 54.3 Å². The Kier molecular flexibility index (Phi) is 4.99. The molecular weight excluding hydrogens is 284 g/mol. The van der Waals surface area contributed by atoms with Crippen molar-refractivity contribution in [3.63, 3.8) is 0 Å². The van der Waals surface area contributed by atoms with Crippen molar-refractivity contribution in [2.75, 3.05) is 32.6 Å². The second-order valence-corrected chi connectivity index (χ2v) is 8.03. The average molecular weight is 312 g/mol. The van der Waals surface area contributed by atoms with Gasteiger partial charge in [0.15, 0.2) is 0 Å². The minimum Gasteiger partial charge on any atom is -0.381 e. The summed E-state index contributed by atoms with van der Waals surface area (Å²) in [7, 11) is 0. The predicted octanol–water partition coefficient (Wildman–Crippen LogP) is 2.87. The van der Waals surface area contributed by atoms with E-state index in [0.717, 1.165) is 45.1 Å². The van der Waals surface area contributed by atoms with Crippen LogP contribution in [0.5, 0.6) is 0 Å². The molecular formula is C16H28N2O2S. The molecule has 0 aromatic rings. The van der Waals surface area contributed by atoms with Crippen molar-refractivity contribution in [1.82, 2.24) is 10.2 Å². The SMILES string of the molecule is CSC1(CNC(=O)N2CC[C@H]3CCCC[C@H]32)CCOCC1. The smallest absolute Gasteiger partial charge is 0.317 e. The highest BCUT2D eigenvalue weighted by Crippen LogP contribution is 2.36. The Hall–Kier alpha value is -0.420. The standard InChI is InChI=1S/C16H28N2O2S/c1-21-16(7-10-20-11-8-16)12-17-15(19)18-9-6-13-4-2-3-5-14(13)18/h13-14H,2-12H2,1H3,(H,17,19)/t13-,14-/m1/s1. The first-order valence-electron chi connectivity index (χ1n) is 8.41. The number of carbonyl (C=O) groups is 1. The fraction of sp³-hybridized carbons (Fsp3) is 0.938. The van der Waals surface area contributed by atoms with Gasteiger partial charge in [0, 0.05) is 37.1 Å². The number of urea groups is 1. The van der Waals surface area contributed by atoms with Gasteiger partial charge in [-0.3, -0.25) is 0 Å². The lowest BCUT2D eigenvalue weighted by molar-refractivity contribution is 0.0770. The van der Waals surface area contributed by atoms with Crippen LogP contribution in [0.2, 0.25) is 0 Å². The van der Waals surface area contributed by atoms with E-state index in [0.29, 0.717) is 6.04 Å². The lowest BCUT2D eigenvalue weighted by Crippen LogP contribution is -2.50. The fourth-order valence-electron chi connectivity index (χ4n) is 4.19. The molecule has 0 aromatic carbocycles. The van der Waals surface area contributed by atoms with Crippen LogP contribution in [0.25, 0.3) is 0 Å². The molecule has 4 nitrogen and oxygen atoms in total. The molecule has 120 valence electrons. The average Bonchev–Trinajstić information content (AvgIpc) is 2.98. The summed E-state index contributed by atoms with van der Waals surface area (Å²) in [5.74, 6) is 0.766. The van der Waals surface area contributed by atoms with Gasteiger partial charge < -0.3 is 15.0 Å². The Morgan fingerprint density at radius 2 is 2.05 bits per heavy atom. The molecule has 2 heterocycles. The van der Waals surface area contributed by atoms with E-state index in [1.807, 2.05) is 11.8 Å². The Bertz CT molecular complexity index is 371. The van der Waals surface area contributed by atoms with Crippen LogP contribution < -0.4 is 5.32 Å². The van der Waals surface area contributed by atoms with Crippen LogP contribution >= 0.6 is 11.8 Å². The van der Waals surface area contributed by atoms with Crippen molar-refractivity contribution in [2.24, 2.45) is 5.92 Å². The maximum absolute atomic E-state index is 12.6. The molecule has 5 heteroatoms. The zero-order valence-electron chi connectivity index (χ0n) is 13.1. The Labute approximate surface area is 132 Å². The summed E-state index contributed by atoms with van der Waals surface area (Å²) in [6, 6.07) is 0.683. The van der Waals surface area contributed by atoms with Crippen molar-refractivity contribution < 1.29 is 9.53 Å². The lowest BCUT2D eigenvalue weighted by Gasteiger charge is -2.37. The molecule has 3 fully saturated rings. The van der Waals surface area contributed by atoms with Gasteiger partial charge in [-0.2, -0.15) is 11.8 Å². The molecule has 0 unspecified atom stereocenters. The lowest BCUT2D eigenvalue weighted by atomic mass is 9.85. The van der Waals surface area contributed by atoms with Gasteiger partial charge in [-0.1, -0.05) is 12.8 Å². The van der Waals surface area contributed by atoms with E-state index in [-0.39, 0.29) is 10.8 Å². The molecule has 2 amide bonds. The summed E-state index contributed by atoms with van der Waals surface area (Å²) in [4.78, 5) is 14.7. The normalized spacial score (nSPS) is 31.8. The molecule has 21 heavy (non-hydrogen) atoms. The van der Waals surface area contributed by atoms with Gasteiger partial charge in [0.05, 0.1) is 0 Å². The minimum absolute atomic E-state index is 0.171. The van der Waals surface area contributed by atoms with Crippen LogP contribution in [0, 0.1) is 5.92 Å². The number of thioether (sulfide) groups is 1. The molecule has 0 aromatic heterocycles. The third-order valence-corrected chi connectivity index (χ3v) is 7.09. The van der Waals surface area contributed by atoms with Crippen LogP contribution in [0.4, 0.5) is 4.79 Å². The Morgan fingerprint density at radius 1 is 1.29 bits per heavy atom. The van der Waals surface area contributed by atoms with E-state index in [4.69, 9.17) is 4.74 Å². The molecule has 3 aliphatic rings. The molecule has 0 spiro atoms. The summed E-state index contributed by atoms with van der Waals surface area (Å²) in [5, 5.41) is 3.23. The molecule has 0 bridgehead atoms. The highest BCUT2D eigenvalue weighted by atomic mass is 32.2. The van der Waals surface area contributed by atoms with E-state index in [1.165, 1.54) is 32.1 Å². The fourth-order valence-corrected chi connectivity index (χ4v) is 4.98. The summed E-state index contributed by atoms with van der Waals surface area (Å²) >= 11 is 1.89. The first-order chi connectivity index (χ1) is 10.2. The topological polar surface area (TPSA) is 41.6 Å². The quantitative estimate of drug-likeness (QED) is 0.871. The van der Waals surface area contributed by atoms with Gasteiger partial charge >= 0.3 is 6.03 Å². The molecule has 1 N–H and O–H groups in total. The predicted molar refractivity (Wildman–Crippen MR) is 86.8 cm³/mol. The van der Waals surface area contributed by atoms with E-state index in [2.05, 4.69) is 16.5 Å². The Balaban J connectivity index is 1.54. The molecule has 1 aliphatic carbocycles. The third-order valence-electron chi connectivity index (χ3n) is 5.67. The number of nitrogens with one attached hydrogen (secondary N) is 1. The van der Waals surface area contributed by atoms with Crippen LogP contribution in [0.3, 0.4) is 0 Å². The largest absolute Gasteiger partial charge is 0.381 e. The Morgan fingerprint density at radius 3 is 2.81 bits per heavy atom. The molecule has 2 aliphatic heterocycles. The van der Waals surface area contributed by atoms with Crippen molar-refractivity contribution in [1.29, 1.82) is 0 Å². The van der Waals surface area contributed by atoms with Crippen molar-refractivity contribution >= 4 is 17.8 Å². The van der Waals surface area contributed by atoms with E-state index < -0.39 is 0 Å². The molecule has 2 saturated heterocycles. The van der Waals surface area contributed by atoms with Crippen LogP contribution in [-0.2, 0) is 4.74 Å². The number of fused-ring (bicyclic) bond motifs is 1. The number of likely N-dealkylation sites (tertiary alicyclic amines) is 1. The number of hydrogen-bond acceptors (Lipinski definition) is 3. The number of hydrogen-bond donors (Lipinski definition) is 1. The van der Waals surface area contributed by atoms with Crippen molar-refractivity contribution in [3.8, 4) is 0 Å². The van der Waals surface area contributed by atoms with Crippen molar-refractivity contribution in [3.05, 3.63) is 0 Å². The monoisotopic (exact) mass is 312 g/mol. The summed E-state index contributed by atoms with van der Waals surface area (Å²) in [6.07, 6.45) is 10.6. The third kappa shape index (κ3) is 3.34. The highest BCUT2D eigenvalue weighted by Gasteiger charge is 2.39. The van der Waals surface area contributed by atoms with Crippen LogP contribution in [0.15, 0.2) is 0 Å². The van der Waals surface area contributed by atoms with Gasteiger partial charge in [0.1, 0.15) is 0 Å². The second-order valence-electron chi connectivity index (χ2n) is 6.75. The van der Waals surface area contributed by atoms with E-state index in [1.54, 1.807) is 0 Å². The number of rotatable bonds is 3. The number of ether oxygens (including phenoxy) is 1. The number of nitrogens with zero attached hydrogens (tertiary/aromatic N) is 1. The first kappa shape index (κ1) is 15.5. The van der Waals surface area contributed by atoms with Gasteiger partial charge in [0.25, 0.3) is 0 Å². The maximum atomic E-state index is 12.6. The van der Waals surface area contributed by atoms with Gasteiger partial charge in [-0.25, -0.2) is 4.79 Å². The van der Waals surface area contributed by atoms with Gasteiger partial charge in [-0.05, 0) is 44.3 Å². The molecule has 3 rings (SSSR count). The van der Waals surface area contributed by atoms with E-state index >= 15 is 0 Å². The zero-order chi connectivity index (χ0) is 14.7. The highest BCUT2D eigenvalue weighted by molar-refractivity contribution is 8.00. The number of amides is 2. The maximum Gasteiger partial charge on any atom is 0.317 e. The summed E-state index contributed by atoms with van der Waals surface area (Å²) in [5.41, 5.74) is 0. The number of carbonyl (C=O) groups excluding carboxylic acids is 1. The van der Waals surface area contributed by atoms with E-state index in [9.17, 15) is 4.79 Å². The molecule has 0 radical (unpaired) electrons. The van der Waals surface area contributed by atoms with Crippen LogP contribution in [0.1, 0.15) is 44.9 Å². The summed E-state index contributed by atoms with van der Waals surface area (Å²) < 4.78 is 5.65. The van der Waals surface area contributed by atoms with Gasteiger partial charge in [-0.15, -0.1) is 0 Å². The zero-order valence-corrected chi connectivity index (χ0v) is 13.9. The second kappa shape index (κ2) is 6.78. The van der Waals surface area contributed by atoms with Crippen molar-refractivity contribution in [2.45, 2.75) is 55.7 Å². The summed E-state index contributed by atoms with van der Waals surface area (Å²) in [6.45, 7) is 3.39. The molecule has 2 atom stereocenters. The minimum atomic E-state index is 0.171. The first-order valence-corrected chi connectivity index (χ1v) is 9.64.